The molecule has 0 amide bonds. The number of hydrogen-bond donors (Lipinski definition) is 2. The van der Waals surface area contributed by atoms with E-state index in [2.05, 4.69) is 27.2 Å². The van der Waals surface area contributed by atoms with Crippen molar-refractivity contribution in [3.8, 4) is 0 Å². The number of likely N-dealkylation sites (tertiary alicyclic amines) is 1. The molecule has 18 heavy (non-hydrogen) atoms. The molecule has 1 saturated heterocycles. The van der Waals surface area contributed by atoms with Crippen molar-refractivity contribution >= 4 is 12.2 Å². The minimum absolute atomic E-state index is 0.0283. The van der Waals surface area contributed by atoms with Crippen LogP contribution in [-0.2, 0) is 6.54 Å². The summed E-state index contributed by atoms with van der Waals surface area (Å²) in [7, 11) is 0. The Labute approximate surface area is 107 Å². The molecule has 0 saturated carbocycles. The molecule has 1 aliphatic rings. The summed E-state index contributed by atoms with van der Waals surface area (Å²) >= 11 is 0. The van der Waals surface area contributed by atoms with Crippen molar-refractivity contribution < 1.29 is 0 Å². The minimum Gasteiger partial charge on any atom is -0.369 e. The minimum atomic E-state index is -0.0283. The Kier molecular flexibility index (Phi) is 4.30. The lowest BCUT2D eigenvalue weighted by Gasteiger charge is -2.14. The van der Waals surface area contributed by atoms with Crippen LogP contribution >= 0.6 is 0 Å². The van der Waals surface area contributed by atoms with Crippen LogP contribution in [0.5, 0.6) is 0 Å². The van der Waals surface area contributed by atoms with Crippen molar-refractivity contribution in [2.75, 3.05) is 13.1 Å². The molecule has 5 heteroatoms. The molecule has 4 N–H and O–H groups in total. The quantitative estimate of drug-likeness (QED) is 0.469. The summed E-state index contributed by atoms with van der Waals surface area (Å²) in [6.45, 7) is 3.41. The van der Waals surface area contributed by atoms with Crippen LogP contribution in [0, 0.1) is 0 Å². The SMILES string of the molecule is NC(N)=NN=Cc1cccc(CN2CCCC2)c1. The summed E-state index contributed by atoms with van der Waals surface area (Å²) in [4.78, 5) is 2.46. The second kappa shape index (κ2) is 6.16. The van der Waals surface area contributed by atoms with Crippen LogP contribution in [0.2, 0.25) is 0 Å². The third kappa shape index (κ3) is 3.85. The predicted molar refractivity (Wildman–Crippen MR) is 74.4 cm³/mol. The Hall–Kier alpha value is -1.88. The van der Waals surface area contributed by atoms with E-state index in [1.165, 1.54) is 31.5 Å². The molecule has 1 aromatic carbocycles. The fourth-order valence-electron chi connectivity index (χ4n) is 2.13. The maximum Gasteiger partial charge on any atom is 0.211 e. The highest BCUT2D eigenvalue weighted by Crippen LogP contribution is 2.13. The number of nitrogens with two attached hydrogens (primary N) is 2. The van der Waals surface area contributed by atoms with Crippen molar-refractivity contribution in [2.45, 2.75) is 19.4 Å². The predicted octanol–water partition coefficient (Wildman–Crippen LogP) is 0.890. The maximum absolute atomic E-state index is 5.20. The summed E-state index contributed by atoms with van der Waals surface area (Å²) in [5.41, 5.74) is 12.7. The molecule has 0 unspecified atom stereocenters. The number of benzene rings is 1. The highest BCUT2D eigenvalue weighted by molar-refractivity contribution is 5.81. The second-order valence-corrected chi connectivity index (χ2v) is 4.50. The Morgan fingerprint density at radius 2 is 2.06 bits per heavy atom. The molecule has 5 nitrogen and oxygen atoms in total. The lowest BCUT2D eigenvalue weighted by Crippen LogP contribution is -2.21. The smallest absolute Gasteiger partial charge is 0.211 e. The third-order valence-corrected chi connectivity index (χ3v) is 2.94. The van der Waals surface area contributed by atoms with Gasteiger partial charge in [-0.05, 0) is 43.1 Å². The van der Waals surface area contributed by atoms with E-state index < -0.39 is 0 Å². The molecule has 0 spiro atoms. The van der Waals surface area contributed by atoms with Gasteiger partial charge in [0.15, 0.2) is 0 Å². The molecular weight excluding hydrogens is 226 g/mol. The van der Waals surface area contributed by atoms with Crippen molar-refractivity contribution in [3.05, 3.63) is 35.4 Å². The van der Waals surface area contributed by atoms with Gasteiger partial charge in [-0.3, -0.25) is 4.90 Å². The Morgan fingerprint density at radius 1 is 1.28 bits per heavy atom. The number of hydrogen-bond acceptors (Lipinski definition) is 3. The first-order valence-electron chi connectivity index (χ1n) is 6.17. The molecule has 1 aliphatic heterocycles. The highest BCUT2D eigenvalue weighted by atomic mass is 15.3. The van der Waals surface area contributed by atoms with Crippen molar-refractivity contribution in [1.82, 2.24) is 4.90 Å². The van der Waals surface area contributed by atoms with E-state index in [1.54, 1.807) is 6.21 Å². The van der Waals surface area contributed by atoms with E-state index in [9.17, 15) is 0 Å². The van der Waals surface area contributed by atoms with Gasteiger partial charge in [-0.2, -0.15) is 5.10 Å². The zero-order valence-electron chi connectivity index (χ0n) is 10.4. The molecule has 0 radical (unpaired) electrons. The average Bonchev–Trinajstić information content (AvgIpc) is 2.82. The van der Waals surface area contributed by atoms with Gasteiger partial charge in [0.25, 0.3) is 0 Å². The zero-order valence-corrected chi connectivity index (χ0v) is 10.4. The number of rotatable bonds is 4. The Morgan fingerprint density at radius 3 is 2.78 bits per heavy atom. The van der Waals surface area contributed by atoms with Gasteiger partial charge in [-0.15, -0.1) is 5.10 Å². The lowest BCUT2D eigenvalue weighted by atomic mass is 10.1. The maximum atomic E-state index is 5.20. The number of guanidine groups is 1. The van der Waals surface area contributed by atoms with Crippen molar-refractivity contribution in [3.63, 3.8) is 0 Å². The average molecular weight is 245 g/mol. The topological polar surface area (TPSA) is 80.0 Å². The van der Waals surface area contributed by atoms with Crippen LogP contribution in [0.4, 0.5) is 0 Å². The monoisotopic (exact) mass is 245 g/mol. The van der Waals surface area contributed by atoms with E-state index in [0.29, 0.717) is 0 Å². The molecule has 1 aromatic rings. The van der Waals surface area contributed by atoms with Crippen molar-refractivity contribution in [1.29, 1.82) is 0 Å². The summed E-state index contributed by atoms with van der Waals surface area (Å²) in [6.07, 6.45) is 4.28. The van der Waals surface area contributed by atoms with Gasteiger partial charge in [0, 0.05) is 6.54 Å². The standard InChI is InChI=1S/C13H19N5/c14-13(15)17-16-9-11-4-3-5-12(8-11)10-18-6-1-2-7-18/h3-5,8-9H,1-2,6-7,10H2,(H4,14,15,17). The Bertz CT molecular complexity index is 442. The van der Waals surface area contributed by atoms with Gasteiger partial charge in [0.05, 0.1) is 6.21 Å². The summed E-state index contributed by atoms with van der Waals surface area (Å²) in [6, 6.07) is 8.27. The van der Waals surface area contributed by atoms with Gasteiger partial charge in [0.2, 0.25) is 5.96 Å². The van der Waals surface area contributed by atoms with Crippen LogP contribution in [0.25, 0.3) is 0 Å². The van der Waals surface area contributed by atoms with Crippen LogP contribution in [-0.4, -0.2) is 30.2 Å². The zero-order chi connectivity index (χ0) is 12.8. The highest BCUT2D eigenvalue weighted by Gasteiger charge is 2.11. The molecule has 1 heterocycles. The molecule has 0 aliphatic carbocycles. The van der Waals surface area contributed by atoms with E-state index in [4.69, 9.17) is 11.5 Å². The molecule has 0 bridgehead atoms. The van der Waals surface area contributed by atoms with Gasteiger partial charge in [-0.25, -0.2) is 0 Å². The van der Waals surface area contributed by atoms with E-state index >= 15 is 0 Å². The molecule has 0 aromatic heterocycles. The van der Waals surface area contributed by atoms with E-state index in [1.807, 2.05) is 12.1 Å². The molecule has 1 fully saturated rings. The molecule has 2 rings (SSSR count). The first kappa shape index (κ1) is 12.6. The van der Waals surface area contributed by atoms with Gasteiger partial charge in [-0.1, -0.05) is 18.2 Å². The second-order valence-electron chi connectivity index (χ2n) is 4.50. The number of nitrogens with zero attached hydrogens (tertiary/aromatic N) is 3. The van der Waals surface area contributed by atoms with Crippen LogP contribution < -0.4 is 11.5 Å². The first-order valence-corrected chi connectivity index (χ1v) is 6.17. The summed E-state index contributed by atoms with van der Waals surface area (Å²) < 4.78 is 0. The normalized spacial score (nSPS) is 16.2. The van der Waals surface area contributed by atoms with Crippen LogP contribution in [0.1, 0.15) is 24.0 Å². The fourth-order valence-corrected chi connectivity index (χ4v) is 2.13. The van der Waals surface area contributed by atoms with Crippen LogP contribution in [0.3, 0.4) is 0 Å². The molecular formula is C13H19N5. The molecule has 96 valence electrons. The fraction of sp³-hybridized carbons (Fsp3) is 0.385. The largest absolute Gasteiger partial charge is 0.369 e. The van der Waals surface area contributed by atoms with Crippen LogP contribution in [0.15, 0.2) is 34.5 Å². The van der Waals surface area contributed by atoms with Gasteiger partial charge < -0.3 is 11.5 Å². The molecule has 0 atom stereocenters. The van der Waals surface area contributed by atoms with E-state index in [0.717, 1.165) is 12.1 Å². The van der Waals surface area contributed by atoms with Gasteiger partial charge in [0.1, 0.15) is 0 Å². The lowest BCUT2D eigenvalue weighted by molar-refractivity contribution is 0.331. The summed E-state index contributed by atoms with van der Waals surface area (Å²) in [5.74, 6) is -0.0283. The van der Waals surface area contributed by atoms with E-state index in [-0.39, 0.29) is 5.96 Å². The third-order valence-electron chi connectivity index (χ3n) is 2.94. The Balaban J connectivity index is 2.00. The summed E-state index contributed by atoms with van der Waals surface area (Å²) in [5, 5.41) is 7.40. The first-order chi connectivity index (χ1) is 8.74. The van der Waals surface area contributed by atoms with Crippen molar-refractivity contribution in [2.24, 2.45) is 21.7 Å². The van der Waals surface area contributed by atoms with Gasteiger partial charge >= 0.3 is 0 Å².